The quantitative estimate of drug-likeness (QED) is 0.299. The fraction of sp³-hybridized carbons (Fsp3) is 0.333. The molecule has 2 aromatic rings. The first-order valence-electron chi connectivity index (χ1n) is 10.6. The highest BCUT2D eigenvalue weighted by Crippen LogP contribution is 2.28. The van der Waals surface area contributed by atoms with Gasteiger partial charge in [-0.05, 0) is 36.4 Å². The summed E-state index contributed by atoms with van der Waals surface area (Å²) in [5.74, 6) is -0.945. The number of nitrogens with one attached hydrogen (secondary N) is 2. The van der Waals surface area contributed by atoms with Gasteiger partial charge in [0.2, 0.25) is 0 Å². The molecule has 0 fully saturated rings. The molecule has 2 rings (SSSR count). The maximum Gasteiger partial charge on any atom is 0.338 e. The minimum Gasteiger partial charge on any atom is -0.493 e. The molecule has 0 bridgehead atoms. The Hall–Kier alpha value is -4.48. The molecule has 0 saturated heterocycles. The molecule has 0 unspecified atom stereocenters. The van der Waals surface area contributed by atoms with Gasteiger partial charge in [0, 0.05) is 13.1 Å². The molecular formula is C24H28N2O10. The number of methoxy groups -OCH3 is 4. The Morgan fingerprint density at radius 1 is 0.583 bits per heavy atom. The van der Waals surface area contributed by atoms with Crippen LogP contribution in [-0.4, -0.2) is 78.5 Å². The molecule has 2 N–H and O–H groups in total. The Morgan fingerprint density at radius 3 is 1.28 bits per heavy atom. The van der Waals surface area contributed by atoms with E-state index in [9.17, 15) is 19.2 Å². The van der Waals surface area contributed by atoms with E-state index >= 15 is 0 Å². The van der Waals surface area contributed by atoms with E-state index in [0.29, 0.717) is 23.0 Å². The second-order valence-electron chi connectivity index (χ2n) is 6.99. The standard InChI is InChI=1S/C24H28N2O10/c1-31-17-7-5-15(11-19(17)33-3)23(29)35-13-21(27)25-9-10-26-22(28)14-36-24(30)16-6-8-18(32-2)20(12-16)34-4/h5-8,11-12H,9-10,13-14H2,1-4H3,(H,25,27)(H,26,28). The van der Waals surface area contributed by atoms with Gasteiger partial charge in [-0.25, -0.2) is 9.59 Å². The lowest BCUT2D eigenvalue weighted by Crippen LogP contribution is -2.38. The molecule has 12 nitrogen and oxygen atoms in total. The molecule has 0 saturated carbocycles. The molecule has 0 heterocycles. The molecule has 0 aliphatic rings. The fourth-order valence-electron chi connectivity index (χ4n) is 2.86. The largest absolute Gasteiger partial charge is 0.493 e. The van der Waals surface area contributed by atoms with Gasteiger partial charge in [-0.2, -0.15) is 0 Å². The average molecular weight is 504 g/mol. The number of rotatable bonds is 13. The van der Waals surface area contributed by atoms with Crippen LogP contribution in [0.3, 0.4) is 0 Å². The van der Waals surface area contributed by atoms with Crippen LogP contribution in [0.4, 0.5) is 0 Å². The maximum absolute atomic E-state index is 12.1. The molecule has 0 aliphatic heterocycles. The Kier molecular flexibility index (Phi) is 10.8. The number of amides is 2. The number of ether oxygens (including phenoxy) is 6. The van der Waals surface area contributed by atoms with Crippen LogP contribution in [0.2, 0.25) is 0 Å². The Labute approximate surface area is 207 Å². The van der Waals surface area contributed by atoms with Crippen LogP contribution in [0, 0.1) is 0 Å². The Morgan fingerprint density at radius 2 is 0.944 bits per heavy atom. The Bertz CT molecular complexity index is 1000. The summed E-state index contributed by atoms with van der Waals surface area (Å²) in [6.07, 6.45) is 0. The first-order chi connectivity index (χ1) is 17.3. The van der Waals surface area contributed by atoms with Crippen molar-refractivity contribution in [2.75, 3.05) is 54.7 Å². The topological polar surface area (TPSA) is 148 Å². The van der Waals surface area contributed by atoms with Gasteiger partial charge in [-0.15, -0.1) is 0 Å². The van der Waals surface area contributed by atoms with Crippen LogP contribution in [-0.2, 0) is 19.1 Å². The monoisotopic (exact) mass is 504 g/mol. The molecule has 0 spiro atoms. The van der Waals surface area contributed by atoms with Gasteiger partial charge in [-0.3, -0.25) is 9.59 Å². The predicted octanol–water partition coefficient (Wildman–Crippen LogP) is 0.967. The molecule has 2 amide bonds. The van der Waals surface area contributed by atoms with E-state index in [-0.39, 0.29) is 24.2 Å². The smallest absolute Gasteiger partial charge is 0.338 e. The van der Waals surface area contributed by atoms with Crippen molar-refractivity contribution in [3.63, 3.8) is 0 Å². The first kappa shape index (κ1) is 27.8. The predicted molar refractivity (Wildman–Crippen MR) is 126 cm³/mol. The maximum atomic E-state index is 12.1. The van der Waals surface area contributed by atoms with Crippen molar-refractivity contribution in [2.45, 2.75) is 0 Å². The van der Waals surface area contributed by atoms with Crippen molar-refractivity contribution in [1.82, 2.24) is 10.6 Å². The summed E-state index contributed by atoms with van der Waals surface area (Å²) < 4.78 is 30.4. The van der Waals surface area contributed by atoms with Crippen molar-refractivity contribution in [3.05, 3.63) is 47.5 Å². The van der Waals surface area contributed by atoms with Crippen molar-refractivity contribution in [1.29, 1.82) is 0 Å². The van der Waals surface area contributed by atoms with Crippen molar-refractivity contribution in [2.24, 2.45) is 0 Å². The molecule has 194 valence electrons. The summed E-state index contributed by atoms with van der Waals surface area (Å²) in [5.41, 5.74) is 0.380. The van der Waals surface area contributed by atoms with E-state index in [4.69, 9.17) is 28.4 Å². The number of carbonyl (C=O) groups excluding carboxylic acids is 4. The van der Waals surface area contributed by atoms with E-state index in [2.05, 4.69) is 10.6 Å². The van der Waals surface area contributed by atoms with E-state index in [1.165, 1.54) is 52.7 Å². The van der Waals surface area contributed by atoms with Gasteiger partial charge >= 0.3 is 11.9 Å². The lowest BCUT2D eigenvalue weighted by atomic mass is 10.2. The summed E-state index contributed by atoms with van der Waals surface area (Å²) in [4.78, 5) is 48.0. The van der Waals surface area contributed by atoms with Crippen LogP contribution < -0.4 is 29.6 Å². The van der Waals surface area contributed by atoms with Gasteiger partial charge < -0.3 is 39.1 Å². The molecule has 0 radical (unpaired) electrons. The molecular weight excluding hydrogens is 476 g/mol. The van der Waals surface area contributed by atoms with Gasteiger partial charge in [0.25, 0.3) is 11.8 Å². The van der Waals surface area contributed by atoms with E-state index in [0.717, 1.165) is 0 Å². The van der Waals surface area contributed by atoms with E-state index in [1.807, 2.05) is 0 Å². The number of carbonyl (C=O) groups is 4. The first-order valence-corrected chi connectivity index (χ1v) is 10.6. The SMILES string of the molecule is COc1ccc(C(=O)OCC(=O)NCCNC(=O)COC(=O)c2ccc(OC)c(OC)c2)cc1OC. The zero-order chi connectivity index (χ0) is 26.5. The normalized spacial score (nSPS) is 10.0. The minimum absolute atomic E-state index is 0.0715. The highest BCUT2D eigenvalue weighted by Gasteiger charge is 2.15. The Balaban J connectivity index is 1.66. The number of benzene rings is 2. The van der Waals surface area contributed by atoms with Crippen molar-refractivity contribution in [3.8, 4) is 23.0 Å². The molecule has 12 heteroatoms. The van der Waals surface area contributed by atoms with Gasteiger partial charge in [0.15, 0.2) is 36.2 Å². The van der Waals surface area contributed by atoms with Crippen LogP contribution in [0.15, 0.2) is 36.4 Å². The van der Waals surface area contributed by atoms with Crippen LogP contribution in [0.1, 0.15) is 20.7 Å². The summed E-state index contributed by atoms with van der Waals surface area (Å²) in [6.45, 7) is -0.877. The summed E-state index contributed by atoms with van der Waals surface area (Å²) >= 11 is 0. The van der Waals surface area contributed by atoms with E-state index < -0.39 is 37.0 Å². The number of esters is 2. The summed E-state index contributed by atoms with van der Waals surface area (Å²) in [6, 6.07) is 8.93. The molecule has 2 aromatic carbocycles. The lowest BCUT2D eigenvalue weighted by Gasteiger charge is -2.11. The zero-order valence-electron chi connectivity index (χ0n) is 20.4. The van der Waals surface area contributed by atoms with Crippen molar-refractivity contribution >= 4 is 23.8 Å². The summed E-state index contributed by atoms with van der Waals surface area (Å²) in [5, 5.41) is 4.98. The van der Waals surface area contributed by atoms with Gasteiger partial charge in [-0.1, -0.05) is 0 Å². The highest BCUT2D eigenvalue weighted by molar-refractivity contribution is 5.92. The molecule has 36 heavy (non-hydrogen) atoms. The van der Waals surface area contributed by atoms with E-state index in [1.54, 1.807) is 12.1 Å². The second-order valence-corrected chi connectivity index (χ2v) is 6.99. The molecule has 0 atom stereocenters. The third kappa shape index (κ3) is 8.08. The van der Waals surface area contributed by atoms with Crippen molar-refractivity contribution < 1.29 is 47.6 Å². The van der Waals surface area contributed by atoms with Crippen LogP contribution in [0.5, 0.6) is 23.0 Å². The highest BCUT2D eigenvalue weighted by atomic mass is 16.5. The van der Waals surface area contributed by atoms with Gasteiger partial charge in [0.1, 0.15) is 0 Å². The molecule has 0 aromatic heterocycles. The third-order valence-corrected chi connectivity index (χ3v) is 4.68. The minimum atomic E-state index is -0.712. The summed E-state index contributed by atoms with van der Waals surface area (Å²) in [7, 11) is 5.80. The number of hydrogen-bond acceptors (Lipinski definition) is 10. The zero-order valence-corrected chi connectivity index (χ0v) is 20.4. The number of hydrogen-bond donors (Lipinski definition) is 2. The lowest BCUT2D eigenvalue weighted by molar-refractivity contribution is -0.125. The van der Waals surface area contributed by atoms with Crippen LogP contribution in [0.25, 0.3) is 0 Å². The third-order valence-electron chi connectivity index (χ3n) is 4.68. The second kappa shape index (κ2) is 14.0. The van der Waals surface area contributed by atoms with Crippen LogP contribution >= 0.6 is 0 Å². The average Bonchev–Trinajstić information content (AvgIpc) is 2.91. The van der Waals surface area contributed by atoms with Gasteiger partial charge in [0.05, 0.1) is 39.6 Å². The molecule has 0 aliphatic carbocycles. The fourth-order valence-corrected chi connectivity index (χ4v) is 2.86.